The summed E-state index contributed by atoms with van der Waals surface area (Å²) in [6.45, 7) is 0.608. The zero-order valence-electron chi connectivity index (χ0n) is 7.73. The van der Waals surface area contributed by atoms with Gasteiger partial charge in [-0.3, -0.25) is 4.68 Å². The summed E-state index contributed by atoms with van der Waals surface area (Å²) >= 11 is 0. The zero-order chi connectivity index (χ0) is 9.14. The Morgan fingerprint density at radius 3 is 2.75 bits per heavy atom. The molecule has 0 aliphatic rings. The predicted octanol–water partition coefficient (Wildman–Crippen LogP) is 0.0151. The van der Waals surface area contributed by atoms with Crippen LogP contribution in [-0.2, 0) is 7.05 Å². The molecule has 68 valence electrons. The largest absolute Gasteiger partial charge is 0.385 e. The molecular weight excluding hydrogens is 154 g/mol. The SMILES string of the molecule is CN(C)CC(O)c1ccn(C)n1. The normalized spacial score (nSPS) is 13.8. The fourth-order valence-corrected chi connectivity index (χ4v) is 1.05. The number of aliphatic hydroxyl groups is 1. The highest BCUT2D eigenvalue weighted by atomic mass is 16.3. The van der Waals surface area contributed by atoms with Gasteiger partial charge >= 0.3 is 0 Å². The lowest BCUT2D eigenvalue weighted by Gasteiger charge is -2.13. The highest BCUT2D eigenvalue weighted by Crippen LogP contribution is 2.09. The van der Waals surface area contributed by atoms with E-state index in [1.54, 1.807) is 4.68 Å². The van der Waals surface area contributed by atoms with Crippen LogP contribution in [0, 0.1) is 0 Å². The molecule has 1 rings (SSSR count). The van der Waals surface area contributed by atoms with Crippen LogP contribution in [0.2, 0.25) is 0 Å². The molecule has 4 nitrogen and oxygen atoms in total. The summed E-state index contributed by atoms with van der Waals surface area (Å²) < 4.78 is 1.69. The van der Waals surface area contributed by atoms with Gasteiger partial charge in [-0.25, -0.2) is 0 Å². The number of aryl methyl sites for hydroxylation is 1. The van der Waals surface area contributed by atoms with Gasteiger partial charge in [-0.15, -0.1) is 0 Å². The van der Waals surface area contributed by atoms with Crippen LogP contribution in [0.3, 0.4) is 0 Å². The van der Waals surface area contributed by atoms with Gasteiger partial charge < -0.3 is 10.0 Å². The van der Waals surface area contributed by atoms with Crippen LogP contribution in [-0.4, -0.2) is 40.4 Å². The maximum atomic E-state index is 9.59. The molecule has 1 N–H and O–H groups in total. The molecule has 0 aliphatic heterocycles. The Labute approximate surface area is 72.4 Å². The third kappa shape index (κ3) is 2.32. The fourth-order valence-electron chi connectivity index (χ4n) is 1.05. The second kappa shape index (κ2) is 3.69. The summed E-state index contributed by atoms with van der Waals surface area (Å²) in [6.07, 6.45) is 1.34. The van der Waals surface area contributed by atoms with Crippen molar-refractivity contribution in [3.8, 4) is 0 Å². The van der Waals surface area contributed by atoms with E-state index in [0.717, 1.165) is 5.69 Å². The molecule has 0 amide bonds. The van der Waals surface area contributed by atoms with Gasteiger partial charge in [-0.05, 0) is 20.2 Å². The quantitative estimate of drug-likeness (QED) is 0.693. The molecule has 1 atom stereocenters. The van der Waals surface area contributed by atoms with Crippen LogP contribution in [0.5, 0.6) is 0 Å². The van der Waals surface area contributed by atoms with Crippen LogP contribution >= 0.6 is 0 Å². The molecule has 1 aromatic heterocycles. The van der Waals surface area contributed by atoms with Gasteiger partial charge in [-0.1, -0.05) is 0 Å². The van der Waals surface area contributed by atoms with E-state index >= 15 is 0 Å². The molecule has 0 aromatic carbocycles. The lowest BCUT2D eigenvalue weighted by molar-refractivity contribution is 0.134. The summed E-state index contributed by atoms with van der Waals surface area (Å²) in [6, 6.07) is 1.83. The average Bonchev–Trinajstić information content (AvgIpc) is 2.34. The van der Waals surface area contributed by atoms with Crippen molar-refractivity contribution >= 4 is 0 Å². The minimum Gasteiger partial charge on any atom is -0.385 e. The average molecular weight is 169 g/mol. The molecule has 1 aromatic rings. The molecule has 0 aliphatic carbocycles. The first kappa shape index (κ1) is 9.22. The number of aromatic nitrogens is 2. The van der Waals surface area contributed by atoms with Crippen molar-refractivity contribution < 1.29 is 5.11 Å². The van der Waals surface area contributed by atoms with E-state index in [4.69, 9.17) is 0 Å². The molecular formula is C8H15N3O. The van der Waals surface area contributed by atoms with Crippen LogP contribution in [0.15, 0.2) is 12.3 Å². The van der Waals surface area contributed by atoms with Gasteiger partial charge in [0.2, 0.25) is 0 Å². The van der Waals surface area contributed by atoms with Crippen LogP contribution < -0.4 is 0 Å². The van der Waals surface area contributed by atoms with Crippen molar-refractivity contribution in [2.45, 2.75) is 6.10 Å². The van der Waals surface area contributed by atoms with E-state index in [1.807, 2.05) is 38.3 Å². The first-order chi connectivity index (χ1) is 5.59. The smallest absolute Gasteiger partial charge is 0.110 e. The Morgan fingerprint density at radius 2 is 2.33 bits per heavy atom. The third-order valence-electron chi connectivity index (χ3n) is 1.61. The molecule has 0 spiro atoms. The van der Waals surface area contributed by atoms with Crippen molar-refractivity contribution in [1.82, 2.24) is 14.7 Å². The van der Waals surface area contributed by atoms with Crippen molar-refractivity contribution in [1.29, 1.82) is 0 Å². The summed E-state index contributed by atoms with van der Waals surface area (Å²) in [7, 11) is 5.68. The van der Waals surface area contributed by atoms with Crippen LogP contribution in [0.1, 0.15) is 11.8 Å². The van der Waals surface area contributed by atoms with E-state index < -0.39 is 6.10 Å². The molecule has 1 heterocycles. The van der Waals surface area contributed by atoms with E-state index in [1.165, 1.54) is 0 Å². The Morgan fingerprint density at radius 1 is 1.67 bits per heavy atom. The predicted molar refractivity (Wildman–Crippen MR) is 46.7 cm³/mol. The molecule has 0 saturated carbocycles. The molecule has 0 bridgehead atoms. The van der Waals surface area contributed by atoms with E-state index in [-0.39, 0.29) is 0 Å². The second-order valence-corrected chi connectivity index (χ2v) is 3.19. The fraction of sp³-hybridized carbons (Fsp3) is 0.625. The van der Waals surface area contributed by atoms with E-state index in [0.29, 0.717) is 6.54 Å². The van der Waals surface area contributed by atoms with Gasteiger partial charge in [0.25, 0.3) is 0 Å². The van der Waals surface area contributed by atoms with Gasteiger partial charge in [0.1, 0.15) is 6.10 Å². The van der Waals surface area contributed by atoms with E-state index in [2.05, 4.69) is 5.10 Å². The summed E-state index contributed by atoms with van der Waals surface area (Å²) in [4.78, 5) is 1.93. The first-order valence-corrected chi connectivity index (χ1v) is 3.92. The van der Waals surface area contributed by atoms with Crippen molar-refractivity contribution in [2.24, 2.45) is 7.05 Å². The summed E-state index contributed by atoms with van der Waals surface area (Å²) in [5, 5.41) is 13.7. The number of rotatable bonds is 3. The van der Waals surface area contributed by atoms with Crippen LogP contribution in [0.4, 0.5) is 0 Å². The molecule has 1 unspecified atom stereocenters. The molecule has 4 heteroatoms. The molecule has 0 saturated heterocycles. The number of aliphatic hydroxyl groups excluding tert-OH is 1. The zero-order valence-corrected chi connectivity index (χ0v) is 7.73. The molecule has 0 fully saturated rings. The topological polar surface area (TPSA) is 41.3 Å². The van der Waals surface area contributed by atoms with Crippen LogP contribution in [0.25, 0.3) is 0 Å². The highest BCUT2D eigenvalue weighted by Gasteiger charge is 2.10. The monoisotopic (exact) mass is 169 g/mol. The second-order valence-electron chi connectivity index (χ2n) is 3.19. The van der Waals surface area contributed by atoms with Crippen molar-refractivity contribution in [2.75, 3.05) is 20.6 Å². The Kier molecular flexibility index (Phi) is 2.83. The lowest BCUT2D eigenvalue weighted by Crippen LogP contribution is -2.20. The minimum absolute atomic E-state index is 0.485. The Hall–Kier alpha value is -0.870. The number of likely N-dealkylation sites (N-methyl/N-ethyl adjacent to an activating group) is 1. The van der Waals surface area contributed by atoms with Crippen molar-refractivity contribution in [3.63, 3.8) is 0 Å². The number of hydrogen-bond acceptors (Lipinski definition) is 3. The summed E-state index contributed by atoms with van der Waals surface area (Å²) in [5.41, 5.74) is 0.728. The highest BCUT2D eigenvalue weighted by molar-refractivity contribution is 5.02. The van der Waals surface area contributed by atoms with E-state index in [9.17, 15) is 5.11 Å². The standard InChI is InChI=1S/C8H15N3O/c1-10(2)6-8(12)7-4-5-11(3)9-7/h4-5,8,12H,6H2,1-3H3. The van der Waals surface area contributed by atoms with Gasteiger partial charge in [0.15, 0.2) is 0 Å². The maximum Gasteiger partial charge on any atom is 0.110 e. The van der Waals surface area contributed by atoms with Crippen molar-refractivity contribution in [3.05, 3.63) is 18.0 Å². The summed E-state index contributed by atoms with van der Waals surface area (Å²) in [5.74, 6) is 0. The van der Waals surface area contributed by atoms with Gasteiger partial charge in [0, 0.05) is 19.8 Å². The number of nitrogens with zero attached hydrogens (tertiary/aromatic N) is 3. The maximum absolute atomic E-state index is 9.59. The minimum atomic E-state index is -0.485. The van der Waals surface area contributed by atoms with Gasteiger partial charge in [-0.2, -0.15) is 5.10 Å². The third-order valence-corrected chi connectivity index (χ3v) is 1.61. The lowest BCUT2D eigenvalue weighted by atomic mass is 10.2. The Bertz CT molecular complexity index is 244. The van der Waals surface area contributed by atoms with Gasteiger partial charge in [0.05, 0.1) is 5.69 Å². The Balaban J connectivity index is 2.58. The number of hydrogen-bond donors (Lipinski definition) is 1. The molecule has 0 radical (unpaired) electrons. The first-order valence-electron chi connectivity index (χ1n) is 3.92. The molecule has 12 heavy (non-hydrogen) atoms.